The molecular weight excluding hydrogens is 401 g/mol. The van der Waals surface area contributed by atoms with Crippen LogP contribution in [0.2, 0.25) is 0 Å². The summed E-state index contributed by atoms with van der Waals surface area (Å²) in [6, 6.07) is 0. The fourth-order valence-corrected chi connectivity index (χ4v) is 0.961. The van der Waals surface area contributed by atoms with E-state index in [0.29, 0.717) is 0 Å². The Balaban J connectivity index is 0.000000845. The van der Waals surface area contributed by atoms with Crippen LogP contribution in [0.3, 0.4) is 0 Å². The summed E-state index contributed by atoms with van der Waals surface area (Å²) in [5.41, 5.74) is 1.99. The summed E-state index contributed by atoms with van der Waals surface area (Å²) in [6.07, 6.45) is 2.22. The van der Waals surface area contributed by atoms with Gasteiger partial charge in [-0.3, -0.25) is 10.7 Å². The van der Waals surface area contributed by atoms with E-state index in [2.05, 4.69) is 15.0 Å². The zero-order chi connectivity index (χ0) is 8.55. The average molecular weight is 405 g/mol. The molecule has 0 aliphatic heterocycles. The maximum absolute atomic E-state index is 12.9. The van der Waals surface area contributed by atoms with Gasteiger partial charge in [0.1, 0.15) is 5.82 Å². The summed E-state index contributed by atoms with van der Waals surface area (Å²) in [5, 5.41) is 8.64. The van der Waals surface area contributed by atoms with Crippen LogP contribution in [-0.2, 0) is 0 Å². The maximum Gasteiger partial charge on any atom is 0.159 e. The summed E-state index contributed by atoms with van der Waals surface area (Å²) < 4.78 is 12.9. The number of nitrogens with one attached hydrogen (secondary N) is 1. The van der Waals surface area contributed by atoms with Gasteiger partial charge in [0.05, 0.1) is 5.39 Å². The summed E-state index contributed by atoms with van der Waals surface area (Å²) in [5.74, 6) is -0.530. The van der Waals surface area contributed by atoms with Crippen molar-refractivity contribution in [3.8, 4) is 0 Å². The van der Waals surface area contributed by atoms with Gasteiger partial charge < -0.3 is 9.97 Å². The van der Waals surface area contributed by atoms with Crippen molar-refractivity contribution in [2.75, 3.05) is 5.48 Å². The van der Waals surface area contributed by atoms with E-state index in [4.69, 9.17) is 5.21 Å². The van der Waals surface area contributed by atoms with Crippen LogP contribution in [0.1, 0.15) is 0 Å². The molecule has 2 aromatic rings. The summed E-state index contributed by atoms with van der Waals surface area (Å²) in [6.45, 7) is 0. The Hall–Kier alpha value is -0.638. The molecular formula is C6H4FN4OU-. The normalized spacial score (nSPS) is 9.69. The number of hydrogen-bond acceptors (Lipinski definition) is 4. The minimum Gasteiger partial charge on any atom is -0.439 e. The van der Waals surface area contributed by atoms with Crippen LogP contribution in [0.15, 0.2) is 12.5 Å². The van der Waals surface area contributed by atoms with Gasteiger partial charge in [-0.05, 0) is 11.8 Å². The number of rotatable bonds is 1. The average Bonchev–Trinajstić information content (AvgIpc) is 2.48. The second kappa shape index (κ2) is 4.05. The number of nitrogens with zero attached hydrogens (tertiary/aromatic N) is 3. The first-order valence-electron chi connectivity index (χ1n) is 3.15. The monoisotopic (exact) mass is 405 g/mol. The van der Waals surface area contributed by atoms with Crippen LogP contribution >= 0.6 is 0 Å². The van der Waals surface area contributed by atoms with E-state index in [1.54, 1.807) is 5.48 Å². The van der Waals surface area contributed by atoms with Gasteiger partial charge in [0, 0.05) is 37.4 Å². The quantitative estimate of drug-likeness (QED) is 0.678. The number of anilines is 1. The SMILES string of the molecule is ONc1ncnc2[n-]cc(F)c12.[U]. The van der Waals surface area contributed by atoms with Crippen molar-refractivity contribution in [2.45, 2.75) is 0 Å². The maximum atomic E-state index is 12.9. The molecule has 0 aliphatic carbocycles. The summed E-state index contributed by atoms with van der Waals surface area (Å²) >= 11 is 0. The number of fused-ring (bicyclic) bond motifs is 1. The van der Waals surface area contributed by atoms with E-state index in [0.717, 1.165) is 6.20 Å². The second-order valence-electron chi connectivity index (χ2n) is 2.14. The first-order chi connectivity index (χ1) is 5.83. The van der Waals surface area contributed by atoms with Crippen molar-refractivity contribution < 1.29 is 40.7 Å². The van der Waals surface area contributed by atoms with Gasteiger partial charge in [-0.25, -0.2) is 9.37 Å². The third-order valence-electron chi connectivity index (χ3n) is 1.47. The molecule has 0 radical (unpaired) electrons. The molecule has 0 unspecified atom stereocenters. The third kappa shape index (κ3) is 1.68. The van der Waals surface area contributed by atoms with Gasteiger partial charge in [0.2, 0.25) is 0 Å². The fraction of sp³-hybridized carbons (Fsp3) is 0. The molecule has 0 atom stereocenters. The van der Waals surface area contributed by atoms with Crippen LogP contribution in [-0.4, -0.2) is 15.2 Å². The Labute approximate surface area is 96.1 Å². The molecule has 0 fully saturated rings. The van der Waals surface area contributed by atoms with Crippen molar-refractivity contribution in [2.24, 2.45) is 0 Å². The molecule has 13 heavy (non-hydrogen) atoms. The fourth-order valence-electron chi connectivity index (χ4n) is 0.961. The van der Waals surface area contributed by atoms with Gasteiger partial charge in [0.15, 0.2) is 5.82 Å². The molecule has 2 aromatic heterocycles. The van der Waals surface area contributed by atoms with Crippen LogP contribution in [0.4, 0.5) is 10.2 Å². The van der Waals surface area contributed by atoms with Crippen LogP contribution in [0.25, 0.3) is 11.0 Å². The topological polar surface area (TPSA) is 72.1 Å². The van der Waals surface area contributed by atoms with Crippen molar-refractivity contribution in [1.29, 1.82) is 0 Å². The Morgan fingerprint density at radius 3 is 2.92 bits per heavy atom. The van der Waals surface area contributed by atoms with Gasteiger partial charge in [-0.2, -0.15) is 0 Å². The van der Waals surface area contributed by atoms with Crippen LogP contribution in [0.5, 0.6) is 0 Å². The molecule has 0 aromatic carbocycles. The van der Waals surface area contributed by atoms with Crippen LogP contribution in [0, 0.1) is 36.9 Å². The second-order valence-corrected chi connectivity index (χ2v) is 2.14. The van der Waals surface area contributed by atoms with Crippen molar-refractivity contribution in [3.63, 3.8) is 0 Å². The molecule has 0 saturated carbocycles. The molecule has 2 heterocycles. The van der Waals surface area contributed by atoms with E-state index in [-0.39, 0.29) is 48.0 Å². The Kier molecular flexibility index (Phi) is 3.25. The third-order valence-corrected chi connectivity index (χ3v) is 1.47. The van der Waals surface area contributed by atoms with Gasteiger partial charge in [0.25, 0.3) is 0 Å². The first kappa shape index (κ1) is 10.4. The largest absolute Gasteiger partial charge is 0.439 e. The van der Waals surface area contributed by atoms with E-state index in [9.17, 15) is 4.39 Å². The standard InChI is InChI=1S/C6H4FN4O.U/c7-3-1-8-5-4(3)6(11-12)10-2-9-5;/h1-2H,(H2-,8,9,10,11,12);/q-1;. The molecule has 7 heteroatoms. The van der Waals surface area contributed by atoms with E-state index in [1.165, 1.54) is 6.33 Å². The van der Waals surface area contributed by atoms with E-state index in [1.807, 2.05) is 0 Å². The molecule has 0 bridgehead atoms. The molecule has 2 N–H and O–H groups in total. The smallest absolute Gasteiger partial charge is 0.159 e. The number of hydrogen-bond donors (Lipinski definition) is 2. The van der Waals surface area contributed by atoms with Gasteiger partial charge in [-0.1, -0.05) is 0 Å². The molecule has 5 nitrogen and oxygen atoms in total. The Morgan fingerprint density at radius 1 is 1.46 bits per heavy atom. The predicted molar refractivity (Wildman–Crippen MR) is 38.2 cm³/mol. The van der Waals surface area contributed by atoms with Crippen molar-refractivity contribution in [1.82, 2.24) is 15.0 Å². The van der Waals surface area contributed by atoms with E-state index >= 15 is 0 Å². The van der Waals surface area contributed by atoms with E-state index < -0.39 is 5.82 Å². The summed E-state index contributed by atoms with van der Waals surface area (Å²) in [4.78, 5) is 11.0. The molecule has 66 valence electrons. The molecule has 2 rings (SSSR count). The molecule has 0 amide bonds. The van der Waals surface area contributed by atoms with Gasteiger partial charge in [-0.15, -0.1) is 0 Å². The van der Waals surface area contributed by atoms with Crippen molar-refractivity contribution >= 4 is 16.9 Å². The Morgan fingerprint density at radius 2 is 2.23 bits per heavy atom. The number of halogens is 1. The molecule has 0 aliphatic rings. The van der Waals surface area contributed by atoms with Crippen LogP contribution < -0.4 is 10.5 Å². The predicted octanol–water partition coefficient (Wildman–Crippen LogP) is 0.527. The zero-order valence-electron chi connectivity index (χ0n) is 6.32. The molecule has 0 saturated heterocycles. The number of aromatic nitrogens is 3. The minimum absolute atomic E-state index is 0. The Bertz CT molecular complexity index is 418. The van der Waals surface area contributed by atoms with Gasteiger partial charge >= 0.3 is 0 Å². The van der Waals surface area contributed by atoms with Crippen molar-refractivity contribution in [3.05, 3.63) is 18.3 Å². The zero-order valence-corrected chi connectivity index (χ0v) is 10.5. The minimum atomic E-state index is -0.554. The summed E-state index contributed by atoms with van der Waals surface area (Å²) in [7, 11) is 0. The molecule has 0 spiro atoms. The first-order valence-corrected chi connectivity index (χ1v) is 3.15.